The Bertz CT molecular complexity index is 1970. The predicted molar refractivity (Wildman–Crippen MR) is 145 cm³/mol. The third-order valence-electron chi connectivity index (χ3n) is 6.44. The number of sulfone groups is 1. The number of alkyl halides is 1. The van der Waals surface area contributed by atoms with E-state index in [2.05, 4.69) is 0 Å². The van der Waals surface area contributed by atoms with Crippen LogP contribution in [-0.2, 0) is 26.5 Å². The largest absolute Gasteiger partial charge is 0.343 e. The first kappa shape index (κ1) is 29.0. The highest BCUT2D eigenvalue weighted by atomic mass is 32.2. The Balaban J connectivity index is 2.15. The minimum absolute atomic E-state index is 0.0256. The van der Waals surface area contributed by atoms with E-state index >= 15 is 0 Å². The lowest BCUT2D eigenvalue weighted by molar-refractivity contribution is 0.220. The van der Waals surface area contributed by atoms with E-state index in [0.29, 0.717) is 4.31 Å². The molecular weight excluding hydrogens is 569 g/mol. The van der Waals surface area contributed by atoms with Crippen molar-refractivity contribution in [3.05, 3.63) is 100 Å². The lowest BCUT2D eigenvalue weighted by atomic mass is 9.94. The number of amides is 2. The molecule has 0 saturated carbocycles. The number of hydrogen-bond acceptors (Lipinski definition) is 8. The Morgan fingerprint density at radius 3 is 2.20 bits per heavy atom. The van der Waals surface area contributed by atoms with Crippen molar-refractivity contribution < 1.29 is 26.0 Å². The van der Waals surface area contributed by atoms with Crippen LogP contribution in [0.25, 0.3) is 0 Å². The molecule has 41 heavy (non-hydrogen) atoms. The van der Waals surface area contributed by atoms with Crippen LogP contribution in [0, 0.1) is 34.0 Å². The Morgan fingerprint density at radius 2 is 1.59 bits per heavy atom. The molecule has 0 fully saturated rings. The Kier molecular flexibility index (Phi) is 7.67. The van der Waals surface area contributed by atoms with Crippen molar-refractivity contribution in [2.75, 3.05) is 11.2 Å². The summed E-state index contributed by atoms with van der Waals surface area (Å²) in [6, 6.07) is 16.7. The standard InChI is InChI=1S/C28H20FN5O5S2/c1-18-24(17-32)27(23-11-10-20(15-30)13-26(23)40(2,36)37)34(41(38,39)25-9-4-3-7-21(25)16-31)28(35)33(18)22-8-5-6-19(12-22)14-29/h3-13,27H,14H2,1-2H3/t27-/m1/s1. The molecule has 2 amide bonds. The number of sulfonamides is 1. The smallest absolute Gasteiger partial charge is 0.265 e. The minimum Gasteiger partial charge on any atom is -0.265 e. The van der Waals surface area contributed by atoms with E-state index in [4.69, 9.17) is 0 Å². The van der Waals surface area contributed by atoms with Crippen LogP contribution in [0.2, 0.25) is 0 Å². The number of rotatable bonds is 6. The number of hydrogen-bond donors (Lipinski definition) is 0. The number of allylic oxidation sites excluding steroid dienone is 1. The Labute approximate surface area is 236 Å². The van der Waals surface area contributed by atoms with E-state index < -0.39 is 48.4 Å². The van der Waals surface area contributed by atoms with Gasteiger partial charge in [0.25, 0.3) is 10.0 Å². The molecule has 4 rings (SSSR count). The molecule has 0 N–H and O–H groups in total. The molecule has 3 aromatic carbocycles. The Hall–Kier alpha value is -5.03. The predicted octanol–water partition coefficient (Wildman–Crippen LogP) is 4.47. The van der Waals surface area contributed by atoms with Gasteiger partial charge < -0.3 is 0 Å². The highest BCUT2D eigenvalue weighted by molar-refractivity contribution is 7.91. The van der Waals surface area contributed by atoms with E-state index in [0.717, 1.165) is 23.3 Å². The van der Waals surface area contributed by atoms with Crippen LogP contribution < -0.4 is 4.90 Å². The molecule has 0 unspecified atom stereocenters. The maximum atomic E-state index is 14.2. The van der Waals surface area contributed by atoms with Gasteiger partial charge in [0.2, 0.25) is 0 Å². The maximum absolute atomic E-state index is 14.2. The molecule has 13 heteroatoms. The second-order valence-corrected chi connectivity index (χ2v) is 12.7. The first-order valence-electron chi connectivity index (χ1n) is 11.8. The number of carbonyl (C=O) groups excluding carboxylic acids is 1. The van der Waals surface area contributed by atoms with Gasteiger partial charge in [-0.2, -0.15) is 15.8 Å². The normalized spacial score (nSPS) is 15.7. The molecule has 0 radical (unpaired) electrons. The van der Waals surface area contributed by atoms with Crippen molar-refractivity contribution in [3.63, 3.8) is 0 Å². The Morgan fingerprint density at radius 1 is 0.878 bits per heavy atom. The third-order valence-corrected chi connectivity index (χ3v) is 9.39. The molecule has 3 aromatic rings. The zero-order valence-corrected chi connectivity index (χ0v) is 23.2. The summed E-state index contributed by atoms with van der Waals surface area (Å²) in [6.07, 6.45) is 0.846. The summed E-state index contributed by atoms with van der Waals surface area (Å²) in [5, 5.41) is 29.3. The van der Waals surface area contributed by atoms with Crippen molar-refractivity contribution in [1.82, 2.24) is 4.31 Å². The summed E-state index contributed by atoms with van der Waals surface area (Å²) in [6.45, 7) is 0.495. The zero-order valence-electron chi connectivity index (χ0n) is 21.6. The van der Waals surface area contributed by atoms with E-state index in [1.807, 2.05) is 12.1 Å². The van der Waals surface area contributed by atoms with Crippen molar-refractivity contribution >= 4 is 31.6 Å². The number of urea groups is 1. The molecule has 1 aliphatic heterocycles. The highest BCUT2D eigenvalue weighted by Crippen LogP contribution is 2.44. The van der Waals surface area contributed by atoms with Crippen molar-refractivity contribution in [3.8, 4) is 18.2 Å². The molecule has 0 aliphatic carbocycles. The van der Waals surface area contributed by atoms with Crippen LogP contribution in [-0.4, -0.2) is 33.4 Å². The number of benzene rings is 3. The lowest BCUT2D eigenvalue weighted by Crippen LogP contribution is -2.52. The fourth-order valence-corrected chi connectivity index (χ4v) is 7.16. The second kappa shape index (κ2) is 10.9. The summed E-state index contributed by atoms with van der Waals surface area (Å²) in [7, 11) is -9.08. The van der Waals surface area contributed by atoms with Crippen LogP contribution in [0.5, 0.6) is 0 Å². The topological polar surface area (TPSA) is 163 Å². The number of nitrogens with zero attached hydrogens (tertiary/aromatic N) is 5. The molecule has 10 nitrogen and oxygen atoms in total. The molecular formula is C28H20FN5O5S2. The first-order chi connectivity index (χ1) is 19.4. The van der Waals surface area contributed by atoms with Gasteiger partial charge in [0.15, 0.2) is 9.84 Å². The molecule has 0 bridgehead atoms. The summed E-state index contributed by atoms with van der Waals surface area (Å²) < 4.78 is 68.1. The fraction of sp³-hybridized carbons (Fsp3) is 0.143. The number of halogens is 1. The van der Waals surface area contributed by atoms with Gasteiger partial charge >= 0.3 is 6.03 Å². The highest BCUT2D eigenvalue weighted by Gasteiger charge is 2.48. The summed E-state index contributed by atoms with van der Waals surface area (Å²) in [5.41, 5.74) is -0.677. The van der Waals surface area contributed by atoms with Gasteiger partial charge in [-0.25, -0.2) is 30.3 Å². The number of carbonyl (C=O) groups is 1. The fourth-order valence-electron chi connectivity index (χ4n) is 4.58. The first-order valence-corrected chi connectivity index (χ1v) is 15.1. The van der Waals surface area contributed by atoms with Gasteiger partial charge in [-0.3, -0.25) is 4.90 Å². The van der Waals surface area contributed by atoms with Gasteiger partial charge in [-0.15, -0.1) is 0 Å². The van der Waals surface area contributed by atoms with Crippen molar-refractivity contribution in [2.45, 2.75) is 29.4 Å². The summed E-state index contributed by atoms with van der Waals surface area (Å²) >= 11 is 0. The molecule has 206 valence electrons. The second-order valence-electron chi connectivity index (χ2n) is 8.98. The molecule has 0 aromatic heterocycles. The van der Waals surface area contributed by atoms with Gasteiger partial charge in [-0.05, 0) is 54.4 Å². The molecule has 0 saturated heterocycles. The van der Waals surface area contributed by atoms with Crippen molar-refractivity contribution in [1.29, 1.82) is 15.8 Å². The molecule has 0 spiro atoms. The van der Waals surface area contributed by atoms with Crippen molar-refractivity contribution in [2.24, 2.45) is 0 Å². The van der Waals surface area contributed by atoms with Gasteiger partial charge in [0.1, 0.15) is 23.7 Å². The summed E-state index contributed by atoms with van der Waals surface area (Å²) in [5.74, 6) is 0. The van der Waals surface area contributed by atoms with Gasteiger partial charge in [0, 0.05) is 12.0 Å². The SMILES string of the molecule is CC1=C(C#N)[C@@H](c2ccc(C#N)cc2S(C)(=O)=O)N(S(=O)(=O)c2ccccc2C#N)C(=O)N1c1cccc(CF)c1. The van der Waals surface area contributed by atoms with Crippen LogP contribution >= 0.6 is 0 Å². The van der Waals surface area contributed by atoms with Crippen LogP contribution in [0.3, 0.4) is 0 Å². The third kappa shape index (κ3) is 5.03. The number of anilines is 1. The van der Waals surface area contributed by atoms with E-state index in [1.54, 1.807) is 6.07 Å². The van der Waals surface area contributed by atoms with Gasteiger partial charge in [0.05, 0.1) is 39.4 Å². The monoisotopic (exact) mass is 589 g/mol. The quantitative estimate of drug-likeness (QED) is 0.406. The van der Waals surface area contributed by atoms with E-state index in [-0.39, 0.29) is 39.2 Å². The average molecular weight is 590 g/mol. The maximum Gasteiger partial charge on any atom is 0.343 e. The minimum atomic E-state index is -4.95. The number of nitriles is 3. The van der Waals surface area contributed by atoms with E-state index in [1.165, 1.54) is 61.5 Å². The van der Waals surface area contributed by atoms with E-state index in [9.17, 15) is 41.8 Å². The van der Waals surface area contributed by atoms with Crippen LogP contribution in [0.15, 0.2) is 87.8 Å². The molecule has 1 atom stereocenters. The average Bonchev–Trinajstić information content (AvgIpc) is 2.96. The van der Waals surface area contributed by atoms with Crippen LogP contribution in [0.4, 0.5) is 14.9 Å². The molecule has 1 aliphatic rings. The van der Waals surface area contributed by atoms with Gasteiger partial charge in [-0.1, -0.05) is 30.3 Å². The summed E-state index contributed by atoms with van der Waals surface area (Å²) in [4.78, 5) is 14.1. The zero-order chi connectivity index (χ0) is 30.1. The van der Waals surface area contributed by atoms with Crippen LogP contribution in [0.1, 0.15) is 35.2 Å². The lowest BCUT2D eigenvalue weighted by Gasteiger charge is -2.41. The molecule has 1 heterocycles.